The second kappa shape index (κ2) is 5.52. The fourth-order valence-electron chi connectivity index (χ4n) is 3.45. The van der Waals surface area contributed by atoms with Crippen LogP contribution >= 0.6 is 0 Å². The predicted octanol–water partition coefficient (Wildman–Crippen LogP) is 1.92. The molecule has 0 radical (unpaired) electrons. The molecule has 3 saturated heterocycles. The van der Waals surface area contributed by atoms with E-state index >= 15 is 0 Å². The highest BCUT2D eigenvalue weighted by Gasteiger charge is 2.34. The Morgan fingerprint density at radius 3 is 2.90 bits per heavy atom. The van der Waals surface area contributed by atoms with Crippen LogP contribution in [0.1, 0.15) is 18.4 Å². The molecule has 3 fully saturated rings. The summed E-state index contributed by atoms with van der Waals surface area (Å²) in [5.74, 6) is 0.448. The molecule has 3 aliphatic rings. The molecule has 2 atom stereocenters. The van der Waals surface area contributed by atoms with E-state index < -0.39 is 0 Å². The lowest BCUT2D eigenvalue weighted by atomic mass is 9.96. The van der Waals surface area contributed by atoms with Crippen molar-refractivity contribution < 1.29 is 9.18 Å². The average Bonchev–Trinajstić information content (AvgIpc) is 2.70. The Hall–Kier alpha value is -1.42. The van der Waals surface area contributed by atoms with Crippen LogP contribution in [0.4, 0.5) is 4.39 Å². The first-order valence-electron chi connectivity index (χ1n) is 7.34. The van der Waals surface area contributed by atoms with Gasteiger partial charge in [0, 0.05) is 25.7 Å². The van der Waals surface area contributed by atoms with Gasteiger partial charge in [-0.25, -0.2) is 4.39 Å². The molecular formula is C16H21FN2O. The quantitative estimate of drug-likeness (QED) is 0.824. The molecule has 0 N–H and O–H groups in total. The van der Waals surface area contributed by atoms with Crippen LogP contribution in [0.15, 0.2) is 24.3 Å². The Kier molecular flexibility index (Phi) is 3.74. The van der Waals surface area contributed by atoms with Crippen molar-refractivity contribution in [2.45, 2.75) is 25.3 Å². The molecule has 0 aromatic heterocycles. The molecule has 4 rings (SSSR count). The lowest BCUT2D eigenvalue weighted by Crippen LogP contribution is -2.42. The fraction of sp³-hybridized carbons (Fsp3) is 0.562. The third kappa shape index (κ3) is 2.85. The van der Waals surface area contributed by atoms with Gasteiger partial charge >= 0.3 is 0 Å². The molecule has 0 aliphatic carbocycles. The lowest BCUT2D eigenvalue weighted by Gasteiger charge is -2.32. The Morgan fingerprint density at radius 1 is 1.30 bits per heavy atom. The van der Waals surface area contributed by atoms with E-state index in [0.717, 1.165) is 25.2 Å². The van der Waals surface area contributed by atoms with E-state index in [4.69, 9.17) is 0 Å². The van der Waals surface area contributed by atoms with Gasteiger partial charge in [0.1, 0.15) is 5.82 Å². The van der Waals surface area contributed by atoms with Gasteiger partial charge in [-0.15, -0.1) is 0 Å². The zero-order chi connectivity index (χ0) is 14.1. The van der Waals surface area contributed by atoms with Crippen LogP contribution in [0.2, 0.25) is 0 Å². The summed E-state index contributed by atoms with van der Waals surface area (Å²) >= 11 is 0. The first kappa shape index (κ1) is 13.6. The summed E-state index contributed by atoms with van der Waals surface area (Å²) in [7, 11) is 2.15. The Bertz CT molecular complexity index is 505. The number of fused-ring (bicyclic) bond motifs is 4. The van der Waals surface area contributed by atoms with E-state index in [0.29, 0.717) is 18.4 Å². The summed E-state index contributed by atoms with van der Waals surface area (Å²) in [6.45, 7) is 2.77. The van der Waals surface area contributed by atoms with Crippen molar-refractivity contribution in [3.05, 3.63) is 35.6 Å². The van der Waals surface area contributed by atoms with Crippen molar-refractivity contribution in [2.24, 2.45) is 5.92 Å². The van der Waals surface area contributed by atoms with Crippen LogP contribution in [0, 0.1) is 11.7 Å². The van der Waals surface area contributed by atoms with Gasteiger partial charge in [-0.3, -0.25) is 4.79 Å². The molecule has 1 aromatic carbocycles. The molecule has 3 nitrogen and oxygen atoms in total. The smallest absolute Gasteiger partial charge is 0.227 e. The molecular weight excluding hydrogens is 255 g/mol. The van der Waals surface area contributed by atoms with Crippen molar-refractivity contribution in [3.63, 3.8) is 0 Å². The number of benzene rings is 1. The molecule has 0 spiro atoms. The number of carbonyl (C=O) groups excluding carboxylic acids is 1. The van der Waals surface area contributed by atoms with Gasteiger partial charge in [0.15, 0.2) is 0 Å². The molecule has 20 heavy (non-hydrogen) atoms. The maximum absolute atomic E-state index is 13.2. The minimum absolute atomic E-state index is 0.128. The maximum Gasteiger partial charge on any atom is 0.227 e. The molecule has 1 amide bonds. The number of amides is 1. The van der Waals surface area contributed by atoms with Crippen LogP contribution in [0.5, 0.6) is 0 Å². The van der Waals surface area contributed by atoms with Gasteiger partial charge in [-0.05, 0) is 43.5 Å². The zero-order valence-electron chi connectivity index (χ0n) is 11.9. The zero-order valence-corrected chi connectivity index (χ0v) is 11.9. The highest BCUT2D eigenvalue weighted by Crippen LogP contribution is 2.27. The molecule has 1 aromatic rings. The van der Waals surface area contributed by atoms with Crippen molar-refractivity contribution in [2.75, 3.05) is 26.7 Å². The Labute approximate surface area is 119 Å². The minimum atomic E-state index is -0.272. The second-order valence-electron chi connectivity index (χ2n) is 6.14. The number of nitrogens with zero attached hydrogens (tertiary/aromatic N) is 2. The monoisotopic (exact) mass is 276 g/mol. The van der Waals surface area contributed by atoms with E-state index in [1.165, 1.54) is 25.0 Å². The first-order chi connectivity index (χ1) is 9.61. The number of carbonyl (C=O) groups is 1. The van der Waals surface area contributed by atoms with Gasteiger partial charge in [-0.1, -0.05) is 12.1 Å². The third-order valence-corrected chi connectivity index (χ3v) is 4.58. The van der Waals surface area contributed by atoms with Crippen LogP contribution < -0.4 is 0 Å². The molecule has 3 heterocycles. The van der Waals surface area contributed by atoms with Crippen LogP contribution in [0.3, 0.4) is 0 Å². The van der Waals surface area contributed by atoms with E-state index in [1.807, 2.05) is 11.0 Å². The van der Waals surface area contributed by atoms with Crippen molar-refractivity contribution in [1.82, 2.24) is 9.80 Å². The normalized spacial score (nSPS) is 26.6. The number of hydrogen-bond acceptors (Lipinski definition) is 2. The first-order valence-corrected chi connectivity index (χ1v) is 7.34. The Balaban J connectivity index is 1.68. The molecule has 2 bridgehead atoms. The molecule has 0 unspecified atom stereocenters. The van der Waals surface area contributed by atoms with Gasteiger partial charge in [0.2, 0.25) is 5.91 Å². The van der Waals surface area contributed by atoms with Crippen molar-refractivity contribution in [3.8, 4) is 0 Å². The highest BCUT2D eigenvalue weighted by atomic mass is 19.1. The molecule has 0 saturated carbocycles. The Morgan fingerprint density at radius 2 is 2.15 bits per heavy atom. The number of likely N-dealkylation sites (N-methyl/N-ethyl adjacent to an activating group) is 1. The summed E-state index contributed by atoms with van der Waals surface area (Å²) < 4.78 is 13.2. The molecule has 4 heteroatoms. The fourth-order valence-corrected chi connectivity index (χ4v) is 3.45. The van der Waals surface area contributed by atoms with Crippen molar-refractivity contribution in [1.29, 1.82) is 0 Å². The van der Waals surface area contributed by atoms with E-state index in [2.05, 4.69) is 11.9 Å². The topological polar surface area (TPSA) is 23.6 Å². The van der Waals surface area contributed by atoms with E-state index in [1.54, 1.807) is 6.07 Å². The summed E-state index contributed by atoms with van der Waals surface area (Å²) in [4.78, 5) is 16.8. The molecule has 108 valence electrons. The van der Waals surface area contributed by atoms with Crippen LogP contribution in [-0.4, -0.2) is 48.4 Å². The second-order valence-corrected chi connectivity index (χ2v) is 6.14. The van der Waals surface area contributed by atoms with E-state index in [-0.39, 0.29) is 11.7 Å². The molecule has 3 aliphatic heterocycles. The van der Waals surface area contributed by atoms with Crippen LogP contribution in [-0.2, 0) is 11.2 Å². The maximum atomic E-state index is 13.2. The van der Waals surface area contributed by atoms with Gasteiger partial charge in [0.25, 0.3) is 0 Å². The van der Waals surface area contributed by atoms with Gasteiger partial charge in [-0.2, -0.15) is 0 Å². The number of halogens is 1. The summed E-state index contributed by atoms with van der Waals surface area (Å²) in [5, 5.41) is 0. The van der Waals surface area contributed by atoms with Crippen molar-refractivity contribution >= 4 is 5.91 Å². The highest BCUT2D eigenvalue weighted by molar-refractivity contribution is 5.79. The van der Waals surface area contributed by atoms with Gasteiger partial charge in [0.05, 0.1) is 6.42 Å². The third-order valence-electron chi connectivity index (χ3n) is 4.58. The summed E-state index contributed by atoms with van der Waals surface area (Å²) in [6.07, 6.45) is 2.71. The summed E-state index contributed by atoms with van der Waals surface area (Å²) in [6, 6.07) is 6.84. The summed E-state index contributed by atoms with van der Waals surface area (Å²) in [5.41, 5.74) is 0.764. The standard InChI is InChI=1S/C16H21FN2O/c1-18-9-13-5-6-15(18)11-19(10-13)16(20)8-12-3-2-4-14(17)7-12/h2-4,7,13,15H,5-6,8-11H2,1H3/t13-,15-/m1/s1. The average molecular weight is 276 g/mol. The number of piperidine rings is 1. The SMILES string of the molecule is CN1C[C@H]2CC[C@@H]1CN(C(=O)Cc1cccc(F)c1)C2. The number of rotatable bonds is 2. The largest absolute Gasteiger partial charge is 0.341 e. The lowest BCUT2D eigenvalue weighted by molar-refractivity contribution is -0.130. The number of hydrogen-bond donors (Lipinski definition) is 0. The predicted molar refractivity (Wildman–Crippen MR) is 75.8 cm³/mol. The van der Waals surface area contributed by atoms with Gasteiger partial charge < -0.3 is 9.80 Å². The van der Waals surface area contributed by atoms with Crippen LogP contribution in [0.25, 0.3) is 0 Å². The van der Waals surface area contributed by atoms with E-state index in [9.17, 15) is 9.18 Å². The minimum Gasteiger partial charge on any atom is -0.341 e.